The maximum Gasteiger partial charge on any atom is 0.313 e. The number of ether oxygens (including phenoxy) is 1. The number of hydrogen-bond acceptors (Lipinski definition) is 6. The summed E-state index contributed by atoms with van der Waals surface area (Å²) in [5.41, 5.74) is 3.37. The van der Waals surface area contributed by atoms with Crippen molar-refractivity contribution in [1.82, 2.24) is 9.55 Å². The van der Waals surface area contributed by atoms with Gasteiger partial charge in [0.25, 0.3) is 5.56 Å². The fourth-order valence-corrected chi connectivity index (χ4v) is 5.56. The summed E-state index contributed by atoms with van der Waals surface area (Å²) in [6, 6.07) is 5.70. The number of aromatic nitrogens is 2. The van der Waals surface area contributed by atoms with Gasteiger partial charge in [-0.25, -0.2) is 4.98 Å². The number of anilines is 1. The molecule has 0 spiro atoms. The van der Waals surface area contributed by atoms with Gasteiger partial charge < -0.3 is 10.1 Å². The van der Waals surface area contributed by atoms with Gasteiger partial charge in [0.15, 0.2) is 0 Å². The van der Waals surface area contributed by atoms with Gasteiger partial charge in [-0.05, 0) is 75.8 Å². The number of aryl methyl sites for hydroxylation is 4. The van der Waals surface area contributed by atoms with Gasteiger partial charge >= 0.3 is 5.97 Å². The zero-order valence-corrected chi connectivity index (χ0v) is 19.6. The fourth-order valence-electron chi connectivity index (χ4n) is 4.25. The van der Waals surface area contributed by atoms with E-state index in [1.807, 2.05) is 32.0 Å². The molecule has 1 N–H and O–H groups in total. The van der Waals surface area contributed by atoms with Crippen molar-refractivity contribution < 1.29 is 14.3 Å². The summed E-state index contributed by atoms with van der Waals surface area (Å²) < 4.78 is 6.66. The van der Waals surface area contributed by atoms with Gasteiger partial charge in [-0.3, -0.25) is 19.0 Å². The maximum absolute atomic E-state index is 13.5. The first kappa shape index (κ1) is 22.2. The topological polar surface area (TPSA) is 90.3 Å². The van der Waals surface area contributed by atoms with Crippen molar-refractivity contribution in [3.63, 3.8) is 0 Å². The summed E-state index contributed by atoms with van der Waals surface area (Å²) in [6.07, 6.45) is 2.34. The smallest absolute Gasteiger partial charge is 0.313 e. The summed E-state index contributed by atoms with van der Waals surface area (Å²) in [6.45, 7) is 7.65. The number of carbonyl (C=O) groups excluding carboxylic acids is 2. The van der Waals surface area contributed by atoms with Crippen molar-refractivity contribution in [2.24, 2.45) is 0 Å². The van der Waals surface area contributed by atoms with Crippen LogP contribution < -0.4 is 10.9 Å². The Morgan fingerprint density at radius 1 is 1.25 bits per heavy atom. The zero-order valence-electron chi connectivity index (χ0n) is 18.8. The minimum absolute atomic E-state index is 0.144. The molecule has 2 aromatic heterocycles. The maximum atomic E-state index is 13.5. The number of rotatable bonds is 5. The highest BCUT2D eigenvalue weighted by Crippen LogP contribution is 2.41. The van der Waals surface area contributed by atoms with Gasteiger partial charge in [0.2, 0.25) is 5.91 Å². The second-order valence-electron chi connectivity index (χ2n) is 8.21. The Bertz CT molecular complexity index is 1270. The van der Waals surface area contributed by atoms with Crippen LogP contribution in [0.1, 0.15) is 53.1 Å². The molecule has 1 amide bonds. The van der Waals surface area contributed by atoms with E-state index in [2.05, 4.69) is 10.3 Å². The number of hydrogen-bond donors (Lipinski definition) is 1. The molecule has 168 valence electrons. The largest absolute Gasteiger partial charge is 0.466 e. The third kappa shape index (κ3) is 4.07. The van der Waals surface area contributed by atoms with Gasteiger partial charge in [-0.1, -0.05) is 6.07 Å². The molecule has 0 radical (unpaired) electrons. The molecule has 1 aromatic carbocycles. The number of thiophene rings is 1. The van der Waals surface area contributed by atoms with E-state index in [1.165, 1.54) is 15.9 Å². The normalized spacial score (nSPS) is 15.4. The summed E-state index contributed by atoms with van der Waals surface area (Å²) in [5, 5.41) is 3.31. The highest BCUT2D eigenvalue weighted by Gasteiger charge is 2.33. The van der Waals surface area contributed by atoms with Crippen LogP contribution >= 0.6 is 11.3 Å². The van der Waals surface area contributed by atoms with Crippen LogP contribution in [0.5, 0.6) is 0 Å². The number of fused-ring (bicyclic) bond motifs is 3. The van der Waals surface area contributed by atoms with E-state index >= 15 is 0 Å². The molecule has 0 fully saturated rings. The zero-order chi connectivity index (χ0) is 23.0. The summed E-state index contributed by atoms with van der Waals surface area (Å²) >= 11 is 1.47. The first-order valence-electron chi connectivity index (χ1n) is 10.9. The Balaban J connectivity index is 1.70. The highest BCUT2D eigenvalue weighted by molar-refractivity contribution is 7.18. The number of carbonyl (C=O) groups is 2. The van der Waals surface area contributed by atoms with E-state index in [1.54, 1.807) is 13.8 Å². The quantitative estimate of drug-likeness (QED) is 0.590. The number of benzene rings is 1. The van der Waals surface area contributed by atoms with Crippen molar-refractivity contribution in [2.75, 3.05) is 11.9 Å². The Hall–Kier alpha value is -3.00. The van der Waals surface area contributed by atoms with Crippen molar-refractivity contribution in [2.45, 2.75) is 59.4 Å². The highest BCUT2D eigenvalue weighted by atomic mass is 32.1. The van der Waals surface area contributed by atoms with Gasteiger partial charge in [0.1, 0.15) is 17.2 Å². The van der Waals surface area contributed by atoms with E-state index in [4.69, 9.17) is 4.74 Å². The van der Waals surface area contributed by atoms with E-state index in [9.17, 15) is 14.4 Å². The summed E-state index contributed by atoms with van der Waals surface area (Å²) in [4.78, 5) is 45.1. The molecule has 1 aliphatic rings. The molecular weight excluding hydrogens is 426 g/mol. The van der Waals surface area contributed by atoms with Gasteiger partial charge in [-0.15, -0.1) is 11.3 Å². The second-order valence-corrected chi connectivity index (χ2v) is 9.30. The van der Waals surface area contributed by atoms with Crippen LogP contribution in [0.2, 0.25) is 0 Å². The lowest BCUT2D eigenvalue weighted by Gasteiger charge is -2.21. The van der Waals surface area contributed by atoms with Crippen LogP contribution in [0.3, 0.4) is 0 Å². The van der Waals surface area contributed by atoms with E-state index in [0.29, 0.717) is 34.8 Å². The third-order valence-corrected chi connectivity index (χ3v) is 7.18. The van der Waals surface area contributed by atoms with Crippen molar-refractivity contribution in [1.29, 1.82) is 0 Å². The molecule has 0 saturated carbocycles. The lowest BCUT2D eigenvalue weighted by atomic mass is 9.86. The molecule has 7 nitrogen and oxygen atoms in total. The van der Waals surface area contributed by atoms with Gasteiger partial charge in [-0.2, -0.15) is 0 Å². The molecular formula is C24H27N3O4S. The average Bonchev–Trinajstić information content (AvgIpc) is 3.12. The Morgan fingerprint density at radius 3 is 2.75 bits per heavy atom. The van der Waals surface area contributed by atoms with Crippen molar-refractivity contribution in [3.05, 3.63) is 55.9 Å². The first-order chi connectivity index (χ1) is 15.3. The third-order valence-electron chi connectivity index (χ3n) is 6.03. The lowest BCUT2D eigenvalue weighted by molar-refractivity contribution is -0.145. The number of esters is 1. The molecule has 32 heavy (non-hydrogen) atoms. The fraction of sp³-hybridized carbons (Fsp3) is 0.417. The second kappa shape index (κ2) is 8.86. The minimum atomic E-state index is -0.456. The van der Waals surface area contributed by atoms with Crippen LogP contribution in [-0.4, -0.2) is 28.0 Å². The molecule has 0 bridgehead atoms. The minimum Gasteiger partial charge on any atom is -0.466 e. The van der Waals surface area contributed by atoms with Crippen LogP contribution in [0, 0.1) is 20.8 Å². The Morgan fingerprint density at radius 2 is 2.03 bits per heavy atom. The Kier molecular flexibility index (Phi) is 6.15. The summed E-state index contributed by atoms with van der Waals surface area (Å²) in [5.74, 6) is -0.579. The number of nitrogens with zero attached hydrogens (tertiary/aromatic N) is 2. The lowest BCUT2D eigenvalue weighted by Crippen LogP contribution is -2.31. The first-order valence-corrected chi connectivity index (χ1v) is 11.7. The van der Waals surface area contributed by atoms with Crippen molar-refractivity contribution in [3.8, 4) is 0 Å². The average molecular weight is 454 g/mol. The van der Waals surface area contributed by atoms with E-state index in [-0.39, 0.29) is 24.0 Å². The molecule has 0 aliphatic heterocycles. The standard InChI is InChI=1S/C24H27N3O4S/c1-5-31-24(30)17-7-6-8-18-20(17)21-22(32-18)25-15(4)27(23(21)29)12-19(28)26-16-10-9-13(2)14(3)11-16/h9-11,17H,5-8,12H2,1-4H3,(H,26,28). The predicted molar refractivity (Wildman–Crippen MR) is 125 cm³/mol. The molecule has 1 unspecified atom stereocenters. The summed E-state index contributed by atoms with van der Waals surface area (Å²) in [7, 11) is 0. The molecule has 1 aliphatic carbocycles. The molecule has 3 aromatic rings. The van der Waals surface area contributed by atoms with Crippen LogP contribution in [0.15, 0.2) is 23.0 Å². The Labute approximate surface area is 190 Å². The van der Waals surface area contributed by atoms with Gasteiger partial charge in [0.05, 0.1) is 17.9 Å². The molecule has 4 rings (SSSR count). The SMILES string of the molecule is CCOC(=O)C1CCCc2sc3nc(C)n(CC(=O)Nc4ccc(C)c(C)c4)c(=O)c3c21. The van der Waals surface area contributed by atoms with Gasteiger partial charge in [0, 0.05) is 10.6 Å². The van der Waals surface area contributed by atoms with Crippen LogP contribution in [0.25, 0.3) is 10.2 Å². The number of nitrogens with one attached hydrogen (secondary N) is 1. The molecule has 2 heterocycles. The van der Waals surface area contributed by atoms with E-state index < -0.39 is 5.92 Å². The van der Waals surface area contributed by atoms with E-state index in [0.717, 1.165) is 34.4 Å². The molecule has 1 atom stereocenters. The van der Waals surface area contributed by atoms with Crippen LogP contribution in [0.4, 0.5) is 5.69 Å². The molecule has 0 saturated heterocycles. The number of amides is 1. The molecule has 8 heteroatoms. The predicted octanol–water partition coefficient (Wildman–Crippen LogP) is 4.00. The van der Waals surface area contributed by atoms with Crippen molar-refractivity contribution >= 4 is 39.1 Å². The van der Waals surface area contributed by atoms with Crippen LogP contribution in [-0.2, 0) is 27.3 Å². The monoisotopic (exact) mass is 453 g/mol.